The first-order chi connectivity index (χ1) is 7.41. The maximum atomic E-state index is 9.52. The van der Waals surface area contributed by atoms with E-state index in [1.807, 2.05) is 32.2 Å². The van der Waals surface area contributed by atoms with Crippen molar-refractivity contribution >= 4 is 21.6 Å². The van der Waals surface area contributed by atoms with E-state index < -0.39 is 6.10 Å². The van der Waals surface area contributed by atoms with Crippen LogP contribution in [-0.2, 0) is 0 Å². The Morgan fingerprint density at radius 3 is 2.62 bits per heavy atom. The average Bonchev–Trinajstić information content (AvgIpc) is 2.15. The zero-order valence-corrected chi connectivity index (χ0v) is 11.6. The Labute approximate surface area is 106 Å². The highest BCUT2D eigenvalue weighted by Gasteiger charge is 2.08. The molecule has 1 aromatic rings. The predicted molar refractivity (Wildman–Crippen MR) is 72.9 cm³/mol. The number of halogens is 1. The van der Waals surface area contributed by atoms with Gasteiger partial charge in [0.25, 0.3) is 0 Å². The van der Waals surface area contributed by atoms with Gasteiger partial charge in [0.1, 0.15) is 0 Å². The zero-order chi connectivity index (χ0) is 12.3. The van der Waals surface area contributed by atoms with Gasteiger partial charge in [0, 0.05) is 23.8 Å². The average molecular weight is 284 g/mol. The molecule has 0 aromatic heterocycles. The minimum absolute atomic E-state index is 0.449. The Hall–Kier alpha value is -0.800. The summed E-state index contributed by atoms with van der Waals surface area (Å²) in [7, 11) is 2.03. The van der Waals surface area contributed by atoms with Crippen molar-refractivity contribution in [3.05, 3.63) is 40.4 Å². The van der Waals surface area contributed by atoms with Crippen molar-refractivity contribution in [1.82, 2.24) is 0 Å². The lowest BCUT2D eigenvalue weighted by Crippen LogP contribution is -2.19. The molecule has 0 amide bonds. The third-order valence-corrected chi connectivity index (χ3v) is 3.07. The molecule has 0 aliphatic heterocycles. The highest BCUT2D eigenvalue weighted by molar-refractivity contribution is 9.10. The number of aliphatic hydroxyl groups is 1. The number of hydrogen-bond acceptors (Lipinski definition) is 2. The zero-order valence-electron chi connectivity index (χ0n) is 10.00. The van der Waals surface area contributed by atoms with Gasteiger partial charge >= 0.3 is 0 Å². The number of rotatable bonds is 4. The van der Waals surface area contributed by atoms with E-state index in [-0.39, 0.29) is 0 Å². The second-order valence-corrected chi connectivity index (χ2v) is 5.05. The van der Waals surface area contributed by atoms with Gasteiger partial charge in [-0.15, -0.1) is 0 Å². The Bertz CT molecular complexity index is 388. The Morgan fingerprint density at radius 2 is 2.19 bits per heavy atom. The molecule has 0 unspecified atom stereocenters. The van der Waals surface area contributed by atoms with Crippen LogP contribution < -0.4 is 4.90 Å². The lowest BCUT2D eigenvalue weighted by atomic mass is 10.1. The second-order valence-electron chi connectivity index (χ2n) is 4.19. The molecule has 16 heavy (non-hydrogen) atoms. The molecule has 2 nitrogen and oxygen atoms in total. The summed E-state index contributed by atoms with van der Waals surface area (Å²) in [5, 5.41) is 9.52. The largest absolute Gasteiger partial charge is 0.389 e. The molecule has 0 aliphatic rings. The SMILES string of the molecule is C=C(C)CN(C)c1ccc([C@@H](C)O)c(Br)c1. The maximum Gasteiger partial charge on any atom is 0.0772 e. The molecule has 0 radical (unpaired) electrons. The number of likely N-dealkylation sites (N-methyl/N-ethyl adjacent to an activating group) is 1. The van der Waals surface area contributed by atoms with E-state index in [9.17, 15) is 5.11 Å². The van der Waals surface area contributed by atoms with Gasteiger partial charge in [-0.3, -0.25) is 0 Å². The van der Waals surface area contributed by atoms with Crippen LogP contribution in [0.15, 0.2) is 34.8 Å². The summed E-state index contributed by atoms with van der Waals surface area (Å²) in [6.45, 7) is 8.50. The van der Waals surface area contributed by atoms with Crippen molar-refractivity contribution in [2.45, 2.75) is 20.0 Å². The number of nitrogens with zero attached hydrogens (tertiary/aromatic N) is 1. The summed E-state index contributed by atoms with van der Waals surface area (Å²) < 4.78 is 0.938. The van der Waals surface area contributed by atoms with E-state index >= 15 is 0 Å². The lowest BCUT2D eigenvalue weighted by Gasteiger charge is -2.20. The highest BCUT2D eigenvalue weighted by Crippen LogP contribution is 2.27. The van der Waals surface area contributed by atoms with Gasteiger partial charge in [-0.2, -0.15) is 0 Å². The van der Waals surface area contributed by atoms with E-state index in [2.05, 4.69) is 27.4 Å². The molecule has 1 atom stereocenters. The number of benzene rings is 1. The van der Waals surface area contributed by atoms with Gasteiger partial charge in [-0.05, 0) is 31.5 Å². The molecule has 0 saturated heterocycles. The Kier molecular flexibility index (Phi) is 4.56. The molecule has 88 valence electrons. The quantitative estimate of drug-likeness (QED) is 0.855. The highest BCUT2D eigenvalue weighted by atomic mass is 79.9. The molecule has 1 rings (SSSR count). The van der Waals surface area contributed by atoms with Crippen molar-refractivity contribution in [2.24, 2.45) is 0 Å². The van der Waals surface area contributed by atoms with Crippen LogP contribution in [0.1, 0.15) is 25.5 Å². The van der Waals surface area contributed by atoms with Crippen molar-refractivity contribution in [2.75, 3.05) is 18.5 Å². The van der Waals surface area contributed by atoms with Crippen LogP contribution in [0.25, 0.3) is 0 Å². The molecule has 0 spiro atoms. The molecule has 0 fully saturated rings. The van der Waals surface area contributed by atoms with Gasteiger partial charge in [-0.25, -0.2) is 0 Å². The summed E-state index contributed by atoms with van der Waals surface area (Å²) in [5.41, 5.74) is 3.14. The van der Waals surface area contributed by atoms with Crippen molar-refractivity contribution in [1.29, 1.82) is 0 Å². The summed E-state index contributed by atoms with van der Waals surface area (Å²) >= 11 is 3.47. The number of hydrogen-bond donors (Lipinski definition) is 1. The topological polar surface area (TPSA) is 23.5 Å². The molecule has 0 bridgehead atoms. The summed E-state index contributed by atoms with van der Waals surface area (Å²) in [6, 6.07) is 5.97. The monoisotopic (exact) mass is 283 g/mol. The van der Waals surface area contributed by atoms with Gasteiger partial charge in [0.2, 0.25) is 0 Å². The van der Waals surface area contributed by atoms with Crippen LogP contribution in [0, 0.1) is 0 Å². The summed E-state index contributed by atoms with van der Waals surface area (Å²) in [5.74, 6) is 0. The van der Waals surface area contributed by atoms with Crippen molar-refractivity contribution in [3.63, 3.8) is 0 Å². The molecule has 0 heterocycles. The first-order valence-corrected chi connectivity index (χ1v) is 6.04. The maximum absolute atomic E-state index is 9.52. The minimum Gasteiger partial charge on any atom is -0.389 e. The van der Waals surface area contributed by atoms with E-state index in [4.69, 9.17) is 0 Å². The molecular formula is C13H18BrNO. The van der Waals surface area contributed by atoms with Crippen LogP contribution in [-0.4, -0.2) is 18.7 Å². The van der Waals surface area contributed by atoms with Gasteiger partial charge in [0.15, 0.2) is 0 Å². The third-order valence-electron chi connectivity index (χ3n) is 2.38. The molecule has 0 saturated carbocycles. The number of anilines is 1. The number of aliphatic hydroxyl groups excluding tert-OH is 1. The summed E-state index contributed by atoms with van der Waals surface area (Å²) in [4.78, 5) is 2.12. The van der Waals surface area contributed by atoms with E-state index in [0.29, 0.717) is 0 Å². The third kappa shape index (κ3) is 3.35. The predicted octanol–water partition coefficient (Wildman–Crippen LogP) is 3.51. The normalized spacial score (nSPS) is 12.3. The molecule has 1 N–H and O–H groups in total. The second kappa shape index (κ2) is 5.51. The Balaban J connectivity index is 2.92. The van der Waals surface area contributed by atoms with E-state index in [0.717, 1.165) is 27.8 Å². The first-order valence-electron chi connectivity index (χ1n) is 5.25. The van der Waals surface area contributed by atoms with Crippen molar-refractivity contribution in [3.8, 4) is 0 Å². The molecule has 0 aliphatic carbocycles. The molecular weight excluding hydrogens is 266 g/mol. The van der Waals surface area contributed by atoms with E-state index in [1.54, 1.807) is 6.92 Å². The summed E-state index contributed by atoms with van der Waals surface area (Å²) in [6.07, 6.45) is -0.449. The first kappa shape index (κ1) is 13.3. The van der Waals surface area contributed by atoms with Crippen LogP contribution in [0.2, 0.25) is 0 Å². The van der Waals surface area contributed by atoms with Crippen LogP contribution >= 0.6 is 15.9 Å². The van der Waals surface area contributed by atoms with Crippen LogP contribution in [0.4, 0.5) is 5.69 Å². The Morgan fingerprint density at radius 1 is 1.56 bits per heavy atom. The lowest BCUT2D eigenvalue weighted by molar-refractivity contribution is 0.198. The van der Waals surface area contributed by atoms with E-state index in [1.165, 1.54) is 0 Å². The molecule has 1 aromatic carbocycles. The van der Waals surface area contributed by atoms with Gasteiger partial charge in [-0.1, -0.05) is 34.1 Å². The fraction of sp³-hybridized carbons (Fsp3) is 0.385. The van der Waals surface area contributed by atoms with Crippen molar-refractivity contribution < 1.29 is 5.11 Å². The van der Waals surface area contributed by atoms with Crippen LogP contribution in [0.3, 0.4) is 0 Å². The minimum atomic E-state index is -0.449. The van der Waals surface area contributed by atoms with Crippen LogP contribution in [0.5, 0.6) is 0 Å². The fourth-order valence-corrected chi connectivity index (χ4v) is 2.29. The smallest absolute Gasteiger partial charge is 0.0772 e. The van der Waals surface area contributed by atoms with Gasteiger partial charge < -0.3 is 10.0 Å². The standard InChI is InChI=1S/C13H18BrNO/c1-9(2)8-15(4)11-5-6-12(10(3)16)13(14)7-11/h5-7,10,16H,1,8H2,2-4H3/t10-/m1/s1. The fourth-order valence-electron chi connectivity index (χ4n) is 1.59. The molecule has 3 heteroatoms. The van der Waals surface area contributed by atoms with Gasteiger partial charge in [0.05, 0.1) is 6.10 Å².